The Morgan fingerprint density at radius 2 is 2.12 bits per heavy atom. The van der Waals surface area contributed by atoms with Gasteiger partial charge >= 0.3 is 0 Å². The molecule has 1 saturated heterocycles. The van der Waals surface area contributed by atoms with Crippen LogP contribution in [-0.4, -0.2) is 56.4 Å². The summed E-state index contributed by atoms with van der Waals surface area (Å²) in [4.78, 5) is 6.39. The molecule has 0 aromatic rings. The molecule has 16 heavy (non-hydrogen) atoms. The van der Waals surface area contributed by atoms with E-state index in [1.54, 1.807) is 0 Å². The van der Waals surface area contributed by atoms with Crippen LogP contribution >= 0.6 is 0 Å². The average molecular weight is 229 g/mol. The standard InChI is InChI=1S/C11H23N3O2/c1-10(2)16-7-3-4-13-11(12)14-5-8-15-9-6-14/h10H,3-9H2,1-2H3,(H2,12,13). The molecule has 5 nitrogen and oxygen atoms in total. The van der Waals surface area contributed by atoms with E-state index in [2.05, 4.69) is 9.89 Å². The molecule has 0 aromatic carbocycles. The maximum atomic E-state index is 5.87. The Morgan fingerprint density at radius 1 is 1.44 bits per heavy atom. The molecule has 0 unspecified atom stereocenters. The van der Waals surface area contributed by atoms with Gasteiger partial charge in [0.15, 0.2) is 5.96 Å². The first kappa shape index (κ1) is 13.3. The number of hydrogen-bond donors (Lipinski definition) is 1. The van der Waals surface area contributed by atoms with Gasteiger partial charge < -0.3 is 20.1 Å². The third kappa shape index (κ3) is 5.32. The SMILES string of the molecule is CC(C)OCCCN=C(N)N1CCOCC1. The Balaban J connectivity index is 2.12. The fraction of sp³-hybridized carbons (Fsp3) is 0.909. The van der Waals surface area contributed by atoms with Gasteiger partial charge in [-0.3, -0.25) is 4.99 Å². The zero-order chi connectivity index (χ0) is 11.8. The number of aliphatic imine (C=N–C) groups is 1. The topological polar surface area (TPSA) is 60.1 Å². The molecule has 0 saturated carbocycles. The van der Waals surface area contributed by atoms with Crippen molar-refractivity contribution in [1.82, 2.24) is 4.90 Å². The Morgan fingerprint density at radius 3 is 2.75 bits per heavy atom. The molecular formula is C11H23N3O2. The van der Waals surface area contributed by atoms with Gasteiger partial charge in [-0.15, -0.1) is 0 Å². The molecule has 0 spiro atoms. The van der Waals surface area contributed by atoms with E-state index >= 15 is 0 Å². The second-order valence-electron chi connectivity index (χ2n) is 4.11. The van der Waals surface area contributed by atoms with Gasteiger partial charge in [0.25, 0.3) is 0 Å². The number of guanidine groups is 1. The molecule has 1 aliphatic rings. The van der Waals surface area contributed by atoms with E-state index in [1.165, 1.54) is 0 Å². The second-order valence-corrected chi connectivity index (χ2v) is 4.11. The van der Waals surface area contributed by atoms with Crippen molar-refractivity contribution in [1.29, 1.82) is 0 Å². The smallest absolute Gasteiger partial charge is 0.191 e. The number of hydrogen-bond acceptors (Lipinski definition) is 3. The lowest BCUT2D eigenvalue weighted by Crippen LogP contribution is -2.44. The van der Waals surface area contributed by atoms with Gasteiger partial charge in [-0.2, -0.15) is 0 Å². The molecule has 1 rings (SSSR count). The van der Waals surface area contributed by atoms with E-state index in [1.807, 2.05) is 13.8 Å². The van der Waals surface area contributed by atoms with E-state index in [0.29, 0.717) is 12.1 Å². The molecule has 1 heterocycles. The van der Waals surface area contributed by atoms with Crippen LogP contribution in [0.2, 0.25) is 0 Å². The first-order valence-electron chi connectivity index (χ1n) is 5.94. The Bertz CT molecular complexity index is 213. The minimum atomic E-state index is 0.292. The van der Waals surface area contributed by atoms with E-state index in [4.69, 9.17) is 15.2 Å². The van der Waals surface area contributed by atoms with Crippen LogP contribution in [0.3, 0.4) is 0 Å². The van der Waals surface area contributed by atoms with Gasteiger partial charge in [0.2, 0.25) is 0 Å². The van der Waals surface area contributed by atoms with Crippen LogP contribution in [0.15, 0.2) is 4.99 Å². The molecule has 2 N–H and O–H groups in total. The first-order valence-corrected chi connectivity index (χ1v) is 5.94. The zero-order valence-electron chi connectivity index (χ0n) is 10.3. The highest BCUT2D eigenvalue weighted by Gasteiger charge is 2.11. The predicted molar refractivity (Wildman–Crippen MR) is 64.6 cm³/mol. The van der Waals surface area contributed by atoms with Crippen molar-refractivity contribution < 1.29 is 9.47 Å². The molecule has 0 aliphatic carbocycles. The number of morpholine rings is 1. The van der Waals surface area contributed by atoms with Crippen molar-refractivity contribution >= 4 is 5.96 Å². The summed E-state index contributed by atoms with van der Waals surface area (Å²) in [7, 11) is 0. The molecule has 0 aromatic heterocycles. The zero-order valence-corrected chi connectivity index (χ0v) is 10.3. The normalized spacial score (nSPS) is 18.2. The van der Waals surface area contributed by atoms with E-state index in [0.717, 1.165) is 45.9 Å². The van der Waals surface area contributed by atoms with Crippen molar-refractivity contribution in [3.63, 3.8) is 0 Å². The molecule has 0 amide bonds. The number of nitrogens with zero attached hydrogens (tertiary/aromatic N) is 2. The Labute approximate surface area is 97.6 Å². The van der Waals surface area contributed by atoms with Crippen molar-refractivity contribution in [2.24, 2.45) is 10.7 Å². The molecule has 1 aliphatic heterocycles. The summed E-state index contributed by atoms with van der Waals surface area (Å²) in [5.41, 5.74) is 5.87. The van der Waals surface area contributed by atoms with E-state index in [9.17, 15) is 0 Å². The van der Waals surface area contributed by atoms with Gasteiger partial charge in [0, 0.05) is 26.2 Å². The largest absolute Gasteiger partial charge is 0.379 e. The molecule has 0 bridgehead atoms. The highest BCUT2D eigenvalue weighted by Crippen LogP contribution is 1.97. The van der Waals surface area contributed by atoms with Crippen LogP contribution < -0.4 is 5.73 Å². The fourth-order valence-corrected chi connectivity index (χ4v) is 1.47. The highest BCUT2D eigenvalue weighted by atomic mass is 16.5. The van der Waals surface area contributed by atoms with Gasteiger partial charge in [-0.25, -0.2) is 0 Å². The van der Waals surface area contributed by atoms with Crippen LogP contribution in [0, 0.1) is 0 Å². The molecule has 1 fully saturated rings. The molecule has 94 valence electrons. The maximum Gasteiger partial charge on any atom is 0.191 e. The summed E-state index contributed by atoms with van der Waals surface area (Å²) >= 11 is 0. The van der Waals surface area contributed by atoms with Crippen LogP contribution in [0.25, 0.3) is 0 Å². The fourth-order valence-electron chi connectivity index (χ4n) is 1.47. The predicted octanol–water partition coefficient (Wildman–Crippen LogP) is 0.448. The Kier molecular flexibility index (Phi) is 6.18. The number of ether oxygens (including phenoxy) is 2. The van der Waals surface area contributed by atoms with Crippen molar-refractivity contribution in [3.8, 4) is 0 Å². The number of rotatable bonds is 5. The van der Waals surface area contributed by atoms with Crippen LogP contribution in [0.4, 0.5) is 0 Å². The molecule has 0 radical (unpaired) electrons. The first-order chi connectivity index (χ1) is 7.70. The Hall–Kier alpha value is -0.810. The van der Waals surface area contributed by atoms with Gasteiger partial charge in [-0.1, -0.05) is 0 Å². The van der Waals surface area contributed by atoms with Gasteiger partial charge in [-0.05, 0) is 20.3 Å². The molecule has 0 atom stereocenters. The van der Waals surface area contributed by atoms with E-state index < -0.39 is 0 Å². The average Bonchev–Trinajstić information content (AvgIpc) is 2.29. The van der Waals surface area contributed by atoms with Crippen molar-refractivity contribution in [2.45, 2.75) is 26.4 Å². The monoisotopic (exact) mass is 229 g/mol. The third-order valence-corrected chi connectivity index (χ3v) is 2.36. The van der Waals surface area contributed by atoms with Crippen LogP contribution in [-0.2, 0) is 9.47 Å². The summed E-state index contributed by atoms with van der Waals surface area (Å²) in [6.45, 7) is 8.72. The lowest BCUT2D eigenvalue weighted by atomic mass is 10.4. The van der Waals surface area contributed by atoms with Crippen molar-refractivity contribution in [2.75, 3.05) is 39.5 Å². The van der Waals surface area contributed by atoms with Crippen LogP contribution in [0.5, 0.6) is 0 Å². The highest BCUT2D eigenvalue weighted by molar-refractivity contribution is 5.78. The quantitative estimate of drug-likeness (QED) is 0.422. The minimum Gasteiger partial charge on any atom is -0.379 e. The molecule has 5 heteroatoms. The lowest BCUT2D eigenvalue weighted by Gasteiger charge is -2.27. The third-order valence-electron chi connectivity index (χ3n) is 2.36. The summed E-state index contributed by atoms with van der Waals surface area (Å²) in [5.74, 6) is 0.632. The summed E-state index contributed by atoms with van der Waals surface area (Å²) in [6.07, 6.45) is 1.21. The second kappa shape index (κ2) is 7.46. The van der Waals surface area contributed by atoms with E-state index in [-0.39, 0.29) is 0 Å². The van der Waals surface area contributed by atoms with Gasteiger partial charge in [0.1, 0.15) is 0 Å². The van der Waals surface area contributed by atoms with Crippen molar-refractivity contribution in [3.05, 3.63) is 0 Å². The lowest BCUT2D eigenvalue weighted by molar-refractivity contribution is 0.0671. The summed E-state index contributed by atoms with van der Waals surface area (Å²) in [6, 6.07) is 0. The maximum absolute atomic E-state index is 5.87. The summed E-state index contributed by atoms with van der Waals surface area (Å²) in [5, 5.41) is 0. The summed E-state index contributed by atoms with van der Waals surface area (Å²) < 4.78 is 10.7. The van der Waals surface area contributed by atoms with Crippen LogP contribution in [0.1, 0.15) is 20.3 Å². The number of nitrogens with two attached hydrogens (primary N) is 1. The minimum absolute atomic E-state index is 0.292. The molecular weight excluding hydrogens is 206 g/mol. The van der Waals surface area contributed by atoms with Gasteiger partial charge in [0.05, 0.1) is 19.3 Å².